The van der Waals surface area contributed by atoms with Crippen molar-refractivity contribution in [3.8, 4) is 0 Å². The van der Waals surface area contributed by atoms with Gasteiger partial charge in [0.2, 0.25) is 0 Å². The predicted octanol–water partition coefficient (Wildman–Crippen LogP) is 1.74. The first-order valence-corrected chi connectivity index (χ1v) is 3.88. The van der Waals surface area contributed by atoms with Crippen LogP contribution in [0.15, 0.2) is 12.7 Å². The van der Waals surface area contributed by atoms with Gasteiger partial charge < -0.3 is 9.84 Å². The monoisotopic (exact) mass is 158 g/mol. The third-order valence-electron chi connectivity index (χ3n) is 1.75. The Bertz CT molecular complexity index is 124. The van der Waals surface area contributed by atoms with Gasteiger partial charge in [-0.3, -0.25) is 0 Å². The van der Waals surface area contributed by atoms with Crippen LogP contribution in [-0.2, 0) is 4.74 Å². The molecule has 2 heteroatoms. The highest BCUT2D eigenvalue weighted by molar-refractivity contribution is 4.80. The average Bonchev–Trinajstić information content (AvgIpc) is 1.85. The molecule has 2 atom stereocenters. The van der Waals surface area contributed by atoms with E-state index in [1.807, 2.05) is 13.8 Å². The molecule has 0 radical (unpaired) electrons. The van der Waals surface area contributed by atoms with Crippen molar-refractivity contribution >= 4 is 0 Å². The number of rotatable bonds is 4. The Morgan fingerprint density at radius 2 is 1.91 bits per heavy atom. The molecule has 2 nitrogen and oxygen atoms in total. The van der Waals surface area contributed by atoms with E-state index in [0.29, 0.717) is 0 Å². The van der Waals surface area contributed by atoms with E-state index in [1.54, 1.807) is 19.9 Å². The first-order valence-electron chi connectivity index (χ1n) is 3.88. The van der Waals surface area contributed by atoms with Crippen molar-refractivity contribution in [1.29, 1.82) is 0 Å². The van der Waals surface area contributed by atoms with E-state index in [4.69, 9.17) is 4.74 Å². The summed E-state index contributed by atoms with van der Waals surface area (Å²) in [6.07, 6.45) is 1.54. The van der Waals surface area contributed by atoms with Crippen molar-refractivity contribution in [2.24, 2.45) is 0 Å². The predicted molar refractivity (Wildman–Crippen MR) is 46.5 cm³/mol. The molecule has 0 aromatic rings. The van der Waals surface area contributed by atoms with Gasteiger partial charge in [-0.15, -0.1) is 6.58 Å². The van der Waals surface area contributed by atoms with Crippen LogP contribution in [0.3, 0.4) is 0 Å². The molecule has 0 fully saturated rings. The van der Waals surface area contributed by atoms with Crippen LogP contribution in [0.25, 0.3) is 0 Å². The number of hydrogen-bond acceptors (Lipinski definition) is 2. The molecule has 0 bridgehead atoms. The topological polar surface area (TPSA) is 29.5 Å². The lowest BCUT2D eigenvalue weighted by molar-refractivity contribution is -0.0924. The SMILES string of the molecule is C=CC(C)OC(C)C(C)(C)O. The molecule has 0 aliphatic heterocycles. The van der Waals surface area contributed by atoms with Gasteiger partial charge in [0, 0.05) is 0 Å². The molecule has 0 aromatic carbocycles. The van der Waals surface area contributed by atoms with E-state index < -0.39 is 5.60 Å². The van der Waals surface area contributed by atoms with Gasteiger partial charge in [0.15, 0.2) is 0 Å². The Balaban J connectivity index is 3.87. The number of aliphatic hydroxyl groups is 1. The molecule has 0 aromatic heterocycles. The molecule has 0 saturated heterocycles. The van der Waals surface area contributed by atoms with Gasteiger partial charge in [0.25, 0.3) is 0 Å². The van der Waals surface area contributed by atoms with Crippen LogP contribution < -0.4 is 0 Å². The van der Waals surface area contributed by atoms with E-state index >= 15 is 0 Å². The third kappa shape index (κ3) is 4.17. The van der Waals surface area contributed by atoms with Gasteiger partial charge in [-0.05, 0) is 27.7 Å². The molecule has 0 spiro atoms. The van der Waals surface area contributed by atoms with Crippen molar-refractivity contribution < 1.29 is 9.84 Å². The van der Waals surface area contributed by atoms with Gasteiger partial charge in [0.05, 0.1) is 17.8 Å². The summed E-state index contributed by atoms with van der Waals surface area (Å²) in [5.41, 5.74) is -0.780. The van der Waals surface area contributed by atoms with Crippen LogP contribution in [0.1, 0.15) is 27.7 Å². The van der Waals surface area contributed by atoms with Crippen molar-refractivity contribution in [1.82, 2.24) is 0 Å². The molecular weight excluding hydrogens is 140 g/mol. The van der Waals surface area contributed by atoms with Crippen LogP contribution >= 0.6 is 0 Å². The quantitative estimate of drug-likeness (QED) is 0.631. The number of ether oxygens (including phenoxy) is 1. The average molecular weight is 158 g/mol. The second-order valence-electron chi connectivity index (χ2n) is 3.37. The molecule has 1 N–H and O–H groups in total. The van der Waals surface area contributed by atoms with E-state index in [9.17, 15) is 5.11 Å². The molecule has 2 unspecified atom stereocenters. The molecule has 66 valence electrons. The third-order valence-corrected chi connectivity index (χ3v) is 1.75. The molecule has 0 aliphatic carbocycles. The maximum Gasteiger partial charge on any atom is 0.0849 e. The van der Waals surface area contributed by atoms with Gasteiger partial charge >= 0.3 is 0 Å². The van der Waals surface area contributed by atoms with E-state index in [-0.39, 0.29) is 12.2 Å². The highest BCUT2D eigenvalue weighted by atomic mass is 16.5. The summed E-state index contributed by atoms with van der Waals surface area (Å²) < 4.78 is 5.40. The van der Waals surface area contributed by atoms with Gasteiger partial charge in [-0.25, -0.2) is 0 Å². The Hall–Kier alpha value is -0.340. The summed E-state index contributed by atoms with van der Waals surface area (Å²) in [6, 6.07) is 0. The van der Waals surface area contributed by atoms with Crippen LogP contribution in [0, 0.1) is 0 Å². The Morgan fingerprint density at radius 3 is 2.18 bits per heavy atom. The summed E-state index contributed by atoms with van der Waals surface area (Å²) in [7, 11) is 0. The van der Waals surface area contributed by atoms with Crippen molar-refractivity contribution in [3.05, 3.63) is 12.7 Å². The fourth-order valence-electron chi connectivity index (χ4n) is 0.544. The van der Waals surface area contributed by atoms with Crippen LogP contribution in [0.4, 0.5) is 0 Å². The van der Waals surface area contributed by atoms with Crippen LogP contribution in [0.2, 0.25) is 0 Å². The summed E-state index contributed by atoms with van der Waals surface area (Å²) in [6.45, 7) is 10.8. The minimum absolute atomic E-state index is 0.00331. The molecule has 0 rings (SSSR count). The fourth-order valence-corrected chi connectivity index (χ4v) is 0.544. The normalized spacial score (nSPS) is 17.5. The number of hydrogen-bond donors (Lipinski definition) is 1. The molecule has 0 aliphatic rings. The summed E-state index contributed by atoms with van der Waals surface area (Å²) >= 11 is 0. The standard InChI is InChI=1S/C9H18O2/c1-6-7(2)11-8(3)9(4,5)10/h6-8,10H,1H2,2-5H3. The van der Waals surface area contributed by atoms with Gasteiger partial charge in [0.1, 0.15) is 0 Å². The van der Waals surface area contributed by atoms with Crippen LogP contribution in [0.5, 0.6) is 0 Å². The molecule has 11 heavy (non-hydrogen) atoms. The Labute approximate surface area is 68.9 Å². The fraction of sp³-hybridized carbons (Fsp3) is 0.778. The molecule has 0 saturated carbocycles. The molecule has 0 heterocycles. The lowest BCUT2D eigenvalue weighted by Crippen LogP contribution is -2.37. The zero-order valence-electron chi connectivity index (χ0n) is 7.79. The molecular formula is C9H18O2. The van der Waals surface area contributed by atoms with Crippen molar-refractivity contribution in [2.75, 3.05) is 0 Å². The zero-order chi connectivity index (χ0) is 9.07. The summed E-state index contributed by atoms with van der Waals surface area (Å²) in [5, 5.41) is 9.47. The summed E-state index contributed by atoms with van der Waals surface area (Å²) in [5.74, 6) is 0. The maximum atomic E-state index is 9.47. The Morgan fingerprint density at radius 1 is 1.45 bits per heavy atom. The first-order chi connectivity index (χ1) is 4.88. The van der Waals surface area contributed by atoms with Gasteiger partial charge in [-0.2, -0.15) is 0 Å². The van der Waals surface area contributed by atoms with E-state index in [1.165, 1.54) is 0 Å². The summed E-state index contributed by atoms with van der Waals surface area (Å²) in [4.78, 5) is 0. The van der Waals surface area contributed by atoms with E-state index in [2.05, 4.69) is 6.58 Å². The maximum absolute atomic E-state index is 9.47. The zero-order valence-corrected chi connectivity index (χ0v) is 7.79. The second kappa shape index (κ2) is 3.88. The smallest absolute Gasteiger partial charge is 0.0849 e. The highest BCUT2D eigenvalue weighted by Crippen LogP contribution is 2.13. The van der Waals surface area contributed by atoms with Gasteiger partial charge in [-0.1, -0.05) is 6.08 Å². The van der Waals surface area contributed by atoms with Crippen molar-refractivity contribution in [2.45, 2.75) is 45.5 Å². The van der Waals surface area contributed by atoms with Crippen molar-refractivity contribution in [3.63, 3.8) is 0 Å². The minimum Gasteiger partial charge on any atom is -0.388 e. The minimum atomic E-state index is -0.780. The largest absolute Gasteiger partial charge is 0.388 e. The lowest BCUT2D eigenvalue weighted by atomic mass is 10.0. The van der Waals surface area contributed by atoms with E-state index in [0.717, 1.165) is 0 Å². The Kier molecular flexibility index (Phi) is 3.76. The molecule has 0 amide bonds. The second-order valence-corrected chi connectivity index (χ2v) is 3.37. The lowest BCUT2D eigenvalue weighted by Gasteiger charge is -2.27. The highest BCUT2D eigenvalue weighted by Gasteiger charge is 2.23. The van der Waals surface area contributed by atoms with Crippen LogP contribution in [-0.4, -0.2) is 22.9 Å². The first kappa shape index (κ1) is 10.7.